The monoisotopic (exact) mass is 329 g/mol. The summed E-state index contributed by atoms with van der Waals surface area (Å²) >= 11 is 0. The van der Waals surface area contributed by atoms with E-state index in [0.717, 1.165) is 16.7 Å². The molecule has 1 fully saturated rings. The van der Waals surface area contributed by atoms with Crippen molar-refractivity contribution in [3.05, 3.63) is 28.8 Å². The molecule has 3 rings (SSSR count). The molecule has 24 heavy (non-hydrogen) atoms. The fraction of sp³-hybridized carbons (Fsp3) is 0.412. The van der Waals surface area contributed by atoms with Crippen LogP contribution in [0.4, 0.5) is 5.69 Å². The minimum atomic E-state index is -1.19. The Balaban J connectivity index is 1.96. The van der Waals surface area contributed by atoms with E-state index in [9.17, 15) is 14.4 Å². The van der Waals surface area contributed by atoms with E-state index in [1.807, 2.05) is 32.9 Å². The van der Waals surface area contributed by atoms with E-state index in [0.29, 0.717) is 5.69 Å². The highest BCUT2D eigenvalue weighted by Gasteiger charge is 2.56. The number of amides is 2. The lowest BCUT2D eigenvalue weighted by Gasteiger charge is -2.23. The summed E-state index contributed by atoms with van der Waals surface area (Å²) in [6, 6.07) is 3.87. The van der Waals surface area contributed by atoms with Crippen molar-refractivity contribution in [1.29, 1.82) is 0 Å². The summed E-state index contributed by atoms with van der Waals surface area (Å²) in [7, 11) is 1.25. The number of aryl methyl sites for hydroxylation is 3. The lowest BCUT2D eigenvalue weighted by molar-refractivity contribution is -0.132. The number of carbonyl (C=O) groups excluding carboxylic acids is 3. The quantitative estimate of drug-likeness (QED) is 0.649. The van der Waals surface area contributed by atoms with Crippen LogP contribution in [0.15, 0.2) is 17.2 Å². The van der Waals surface area contributed by atoms with Gasteiger partial charge >= 0.3 is 5.97 Å². The van der Waals surface area contributed by atoms with Gasteiger partial charge in [0, 0.05) is 6.42 Å². The van der Waals surface area contributed by atoms with Gasteiger partial charge in [0.15, 0.2) is 0 Å². The third-order valence-corrected chi connectivity index (χ3v) is 4.47. The minimum Gasteiger partial charge on any atom is -0.464 e. The Hall–Kier alpha value is -2.70. The molecule has 0 aliphatic carbocycles. The van der Waals surface area contributed by atoms with Crippen LogP contribution in [-0.4, -0.2) is 36.1 Å². The first-order valence-corrected chi connectivity index (χ1v) is 7.66. The van der Waals surface area contributed by atoms with Crippen LogP contribution in [0.1, 0.15) is 29.5 Å². The molecule has 0 aromatic heterocycles. The number of methoxy groups -OCH3 is 1. The van der Waals surface area contributed by atoms with Gasteiger partial charge in [-0.1, -0.05) is 17.7 Å². The van der Waals surface area contributed by atoms with E-state index in [1.165, 1.54) is 12.0 Å². The number of rotatable bonds is 2. The van der Waals surface area contributed by atoms with Crippen LogP contribution in [-0.2, 0) is 19.1 Å². The van der Waals surface area contributed by atoms with Crippen molar-refractivity contribution in [3.8, 4) is 0 Å². The molecule has 2 amide bonds. The maximum absolute atomic E-state index is 13.0. The molecule has 126 valence electrons. The second-order valence-corrected chi connectivity index (χ2v) is 6.38. The predicted octanol–water partition coefficient (Wildman–Crippen LogP) is 1.14. The first-order valence-electron chi connectivity index (χ1n) is 7.66. The smallest absolute Gasteiger partial charge is 0.354 e. The summed E-state index contributed by atoms with van der Waals surface area (Å²) in [5.41, 5.74) is 5.03. The van der Waals surface area contributed by atoms with Crippen LogP contribution in [0.5, 0.6) is 0 Å². The van der Waals surface area contributed by atoms with Crippen molar-refractivity contribution in [2.75, 3.05) is 12.0 Å². The van der Waals surface area contributed by atoms with Gasteiger partial charge in [-0.3, -0.25) is 15.0 Å². The molecule has 1 aromatic carbocycles. The molecular formula is C17H19N3O4. The Morgan fingerprint density at radius 2 is 1.83 bits per heavy atom. The topological polar surface area (TPSA) is 88.1 Å². The maximum Gasteiger partial charge on any atom is 0.354 e. The highest BCUT2D eigenvalue weighted by atomic mass is 16.5. The van der Waals surface area contributed by atoms with Crippen molar-refractivity contribution in [1.82, 2.24) is 5.43 Å². The first kappa shape index (κ1) is 16.2. The minimum absolute atomic E-state index is 0.0391. The molecular weight excluding hydrogens is 310 g/mol. The molecule has 1 atom stereocenters. The van der Waals surface area contributed by atoms with Crippen molar-refractivity contribution >= 4 is 29.2 Å². The number of nitrogens with zero attached hydrogens (tertiary/aromatic N) is 2. The van der Waals surface area contributed by atoms with Crippen LogP contribution >= 0.6 is 0 Å². The summed E-state index contributed by atoms with van der Waals surface area (Å²) in [6.45, 7) is 5.71. The molecule has 2 heterocycles. The number of hydrogen-bond acceptors (Lipinski definition) is 6. The molecule has 2 aliphatic rings. The van der Waals surface area contributed by atoms with Gasteiger partial charge < -0.3 is 4.74 Å². The summed E-state index contributed by atoms with van der Waals surface area (Å²) < 4.78 is 4.64. The standard InChI is InChI=1S/C17H19N3O4/c1-9-5-10(2)14(11(3)6-9)20-13(21)8-17(16(20)23)7-12(18-19-17)15(22)24-4/h5-6,19H,7-8H2,1-4H3. The van der Waals surface area contributed by atoms with E-state index < -0.39 is 11.5 Å². The molecule has 1 aromatic rings. The predicted molar refractivity (Wildman–Crippen MR) is 87.7 cm³/mol. The van der Waals surface area contributed by atoms with Gasteiger partial charge in [-0.15, -0.1) is 0 Å². The Bertz CT molecular complexity index is 776. The summed E-state index contributed by atoms with van der Waals surface area (Å²) in [5, 5.41) is 3.91. The third-order valence-electron chi connectivity index (χ3n) is 4.47. The average Bonchev–Trinajstić information content (AvgIpc) is 3.03. The Morgan fingerprint density at radius 3 is 2.42 bits per heavy atom. The Kier molecular flexibility index (Phi) is 3.66. The van der Waals surface area contributed by atoms with Crippen LogP contribution in [0.25, 0.3) is 0 Å². The average molecular weight is 329 g/mol. The van der Waals surface area contributed by atoms with Gasteiger partial charge in [-0.2, -0.15) is 5.10 Å². The molecule has 1 spiro atoms. The third kappa shape index (κ3) is 2.28. The number of anilines is 1. The van der Waals surface area contributed by atoms with Crippen molar-refractivity contribution in [2.45, 2.75) is 39.2 Å². The number of esters is 1. The molecule has 0 bridgehead atoms. The second-order valence-electron chi connectivity index (χ2n) is 6.38. The normalized spacial score (nSPS) is 22.8. The molecule has 0 saturated carbocycles. The van der Waals surface area contributed by atoms with E-state index in [1.54, 1.807) is 0 Å². The fourth-order valence-electron chi connectivity index (χ4n) is 3.49. The van der Waals surface area contributed by atoms with E-state index in [4.69, 9.17) is 0 Å². The number of hydrogen-bond donors (Lipinski definition) is 1. The number of hydrazone groups is 1. The lowest BCUT2D eigenvalue weighted by atomic mass is 9.92. The summed E-state index contributed by atoms with van der Waals surface area (Å²) in [4.78, 5) is 38.4. The lowest BCUT2D eigenvalue weighted by Crippen LogP contribution is -2.48. The molecule has 2 aliphatic heterocycles. The Labute approximate surface area is 139 Å². The molecule has 0 radical (unpaired) electrons. The summed E-state index contributed by atoms with van der Waals surface area (Å²) in [6.07, 6.45) is 0.00723. The molecule has 1 unspecified atom stereocenters. The maximum atomic E-state index is 13.0. The largest absolute Gasteiger partial charge is 0.464 e. The fourth-order valence-corrected chi connectivity index (χ4v) is 3.49. The Morgan fingerprint density at radius 1 is 1.21 bits per heavy atom. The van der Waals surface area contributed by atoms with Gasteiger partial charge in [-0.25, -0.2) is 9.69 Å². The number of carbonyl (C=O) groups is 3. The van der Waals surface area contributed by atoms with Crippen LogP contribution in [0.2, 0.25) is 0 Å². The van der Waals surface area contributed by atoms with E-state index >= 15 is 0 Å². The highest BCUT2D eigenvalue weighted by molar-refractivity contribution is 6.39. The van der Waals surface area contributed by atoms with E-state index in [2.05, 4.69) is 15.3 Å². The number of benzene rings is 1. The van der Waals surface area contributed by atoms with Gasteiger partial charge in [-0.05, 0) is 31.9 Å². The zero-order chi connectivity index (χ0) is 17.6. The molecule has 7 heteroatoms. The first-order chi connectivity index (χ1) is 11.3. The van der Waals surface area contributed by atoms with Crippen molar-refractivity contribution in [2.24, 2.45) is 5.10 Å². The SMILES string of the molecule is COC(=O)C1=NNC2(CC(=O)N(c3c(C)cc(C)cc3C)C2=O)C1. The number of imide groups is 1. The molecule has 1 saturated heterocycles. The second kappa shape index (κ2) is 5.43. The zero-order valence-electron chi connectivity index (χ0n) is 14.1. The van der Waals surface area contributed by atoms with Gasteiger partial charge in [0.05, 0.1) is 19.2 Å². The van der Waals surface area contributed by atoms with Crippen LogP contribution in [0, 0.1) is 20.8 Å². The molecule has 7 nitrogen and oxygen atoms in total. The van der Waals surface area contributed by atoms with Gasteiger partial charge in [0.25, 0.3) is 5.91 Å². The summed E-state index contributed by atoms with van der Waals surface area (Å²) in [5.74, 6) is -1.28. The zero-order valence-corrected chi connectivity index (χ0v) is 14.1. The highest BCUT2D eigenvalue weighted by Crippen LogP contribution is 2.37. The van der Waals surface area contributed by atoms with E-state index in [-0.39, 0.29) is 30.4 Å². The van der Waals surface area contributed by atoms with Gasteiger partial charge in [0.1, 0.15) is 11.3 Å². The molecule has 1 N–H and O–H groups in total. The van der Waals surface area contributed by atoms with Crippen LogP contribution in [0.3, 0.4) is 0 Å². The van der Waals surface area contributed by atoms with Crippen molar-refractivity contribution < 1.29 is 19.1 Å². The van der Waals surface area contributed by atoms with Crippen LogP contribution < -0.4 is 10.3 Å². The number of nitrogens with one attached hydrogen (secondary N) is 1. The van der Waals surface area contributed by atoms with Gasteiger partial charge in [0.2, 0.25) is 5.91 Å². The number of ether oxygens (including phenoxy) is 1. The van der Waals surface area contributed by atoms with Crippen molar-refractivity contribution in [3.63, 3.8) is 0 Å².